The highest BCUT2D eigenvalue weighted by Gasteiger charge is 2.08. The van der Waals surface area contributed by atoms with Crippen molar-refractivity contribution in [3.63, 3.8) is 0 Å². The lowest BCUT2D eigenvalue weighted by Gasteiger charge is -2.17. The van der Waals surface area contributed by atoms with Gasteiger partial charge in [0, 0.05) is 19.0 Å². The highest BCUT2D eigenvalue weighted by molar-refractivity contribution is 7.99. The molecular weight excluding hydrogens is 172 g/mol. The number of hydrogen-bond donors (Lipinski definition) is 0. The smallest absolute Gasteiger partial charge is 0.166 e. The Labute approximate surface area is 80.0 Å². The van der Waals surface area contributed by atoms with Gasteiger partial charge in [0.1, 0.15) is 0 Å². The molecule has 0 fully saturated rings. The average molecular weight is 192 g/mol. The van der Waals surface area contributed by atoms with Crippen molar-refractivity contribution in [1.82, 2.24) is 0 Å². The van der Waals surface area contributed by atoms with E-state index in [0.29, 0.717) is 5.25 Å². The first-order valence-electron chi connectivity index (χ1n) is 4.55. The van der Waals surface area contributed by atoms with Crippen molar-refractivity contribution >= 4 is 11.8 Å². The maximum absolute atomic E-state index is 5.39. The van der Waals surface area contributed by atoms with E-state index >= 15 is 0 Å². The van der Waals surface area contributed by atoms with Gasteiger partial charge in [-0.05, 0) is 19.1 Å². The SMILES string of the molecule is CCOC(CSC(C)C)OCC. The van der Waals surface area contributed by atoms with Gasteiger partial charge in [0.15, 0.2) is 6.29 Å². The zero-order chi connectivity index (χ0) is 9.40. The quantitative estimate of drug-likeness (QED) is 0.577. The number of hydrogen-bond acceptors (Lipinski definition) is 3. The molecular formula is C9H20O2S. The van der Waals surface area contributed by atoms with Crippen LogP contribution in [-0.4, -0.2) is 30.5 Å². The third-order valence-electron chi connectivity index (χ3n) is 1.27. The molecule has 0 aliphatic carbocycles. The molecule has 0 aromatic rings. The Hall–Kier alpha value is 0.270. The molecule has 0 N–H and O–H groups in total. The van der Waals surface area contributed by atoms with E-state index in [1.165, 1.54) is 0 Å². The fraction of sp³-hybridized carbons (Fsp3) is 1.00. The van der Waals surface area contributed by atoms with E-state index in [4.69, 9.17) is 9.47 Å². The van der Waals surface area contributed by atoms with E-state index in [1.54, 1.807) is 0 Å². The minimum absolute atomic E-state index is 0.0209. The molecule has 0 heterocycles. The summed E-state index contributed by atoms with van der Waals surface area (Å²) in [5, 5.41) is 0.647. The maximum Gasteiger partial charge on any atom is 0.166 e. The normalized spacial score (nSPS) is 11.5. The molecule has 0 aromatic heterocycles. The van der Waals surface area contributed by atoms with Crippen molar-refractivity contribution in [1.29, 1.82) is 0 Å². The third kappa shape index (κ3) is 6.95. The molecule has 0 atom stereocenters. The van der Waals surface area contributed by atoms with Gasteiger partial charge in [0.05, 0.1) is 0 Å². The predicted molar refractivity (Wildman–Crippen MR) is 54.6 cm³/mol. The Morgan fingerprint density at radius 3 is 1.92 bits per heavy atom. The van der Waals surface area contributed by atoms with Crippen molar-refractivity contribution in [3.05, 3.63) is 0 Å². The van der Waals surface area contributed by atoms with Crippen LogP contribution in [-0.2, 0) is 9.47 Å². The maximum atomic E-state index is 5.39. The Balaban J connectivity index is 3.48. The molecule has 0 saturated carbocycles. The van der Waals surface area contributed by atoms with Crippen LogP contribution in [0.5, 0.6) is 0 Å². The van der Waals surface area contributed by atoms with E-state index in [-0.39, 0.29) is 6.29 Å². The van der Waals surface area contributed by atoms with Gasteiger partial charge in [-0.1, -0.05) is 13.8 Å². The van der Waals surface area contributed by atoms with Gasteiger partial charge in [-0.15, -0.1) is 0 Å². The van der Waals surface area contributed by atoms with Crippen LogP contribution in [0, 0.1) is 0 Å². The van der Waals surface area contributed by atoms with Gasteiger partial charge in [0.25, 0.3) is 0 Å². The Kier molecular flexibility index (Phi) is 8.07. The van der Waals surface area contributed by atoms with Crippen LogP contribution in [0.15, 0.2) is 0 Å². The van der Waals surface area contributed by atoms with Crippen molar-refractivity contribution in [2.45, 2.75) is 39.2 Å². The molecule has 74 valence electrons. The van der Waals surface area contributed by atoms with Crippen molar-refractivity contribution in [2.24, 2.45) is 0 Å². The molecule has 0 amide bonds. The summed E-state index contributed by atoms with van der Waals surface area (Å²) in [7, 11) is 0. The first-order valence-corrected chi connectivity index (χ1v) is 5.60. The predicted octanol–water partition coefficient (Wildman–Crippen LogP) is 2.53. The first kappa shape index (κ1) is 12.3. The molecule has 0 bridgehead atoms. The number of ether oxygens (including phenoxy) is 2. The van der Waals surface area contributed by atoms with Gasteiger partial charge < -0.3 is 9.47 Å². The van der Waals surface area contributed by atoms with Crippen molar-refractivity contribution in [2.75, 3.05) is 19.0 Å². The van der Waals surface area contributed by atoms with Gasteiger partial charge in [0.2, 0.25) is 0 Å². The van der Waals surface area contributed by atoms with Gasteiger partial charge in [-0.2, -0.15) is 11.8 Å². The van der Waals surface area contributed by atoms with Crippen LogP contribution in [0.25, 0.3) is 0 Å². The fourth-order valence-corrected chi connectivity index (χ4v) is 1.52. The summed E-state index contributed by atoms with van der Waals surface area (Å²) in [5.74, 6) is 0.930. The Bertz CT molecular complexity index is 90.5. The molecule has 0 saturated heterocycles. The van der Waals surface area contributed by atoms with Gasteiger partial charge >= 0.3 is 0 Å². The van der Waals surface area contributed by atoms with E-state index in [2.05, 4.69) is 13.8 Å². The minimum atomic E-state index is -0.0209. The molecule has 0 aliphatic rings. The number of thioether (sulfide) groups is 1. The fourth-order valence-electron chi connectivity index (χ4n) is 0.787. The van der Waals surface area contributed by atoms with Crippen LogP contribution in [0.4, 0.5) is 0 Å². The summed E-state index contributed by atoms with van der Waals surface area (Å²) in [6, 6.07) is 0. The van der Waals surface area contributed by atoms with E-state index in [1.807, 2.05) is 25.6 Å². The summed E-state index contributed by atoms with van der Waals surface area (Å²) in [6.07, 6.45) is -0.0209. The van der Waals surface area contributed by atoms with E-state index in [9.17, 15) is 0 Å². The molecule has 0 aromatic carbocycles. The topological polar surface area (TPSA) is 18.5 Å². The Morgan fingerprint density at radius 2 is 1.58 bits per heavy atom. The third-order valence-corrected chi connectivity index (χ3v) is 2.40. The van der Waals surface area contributed by atoms with Crippen LogP contribution < -0.4 is 0 Å². The molecule has 0 spiro atoms. The van der Waals surface area contributed by atoms with Crippen LogP contribution in [0.3, 0.4) is 0 Å². The second-order valence-corrected chi connectivity index (χ2v) is 4.33. The van der Waals surface area contributed by atoms with Gasteiger partial charge in [-0.25, -0.2) is 0 Å². The highest BCUT2D eigenvalue weighted by Crippen LogP contribution is 2.12. The molecule has 0 radical (unpaired) electrons. The summed E-state index contributed by atoms with van der Waals surface area (Å²) < 4.78 is 10.8. The zero-order valence-corrected chi connectivity index (χ0v) is 9.32. The second-order valence-electron chi connectivity index (χ2n) is 2.72. The monoisotopic (exact) mass is 192 g/mol. The van der Waals surface area contributed by atoms with E-state index < -0.39 is 0 Å². The molecule has 0 unspecified atom stereocenters. The first-order chi connectivity index (χ1) is 5.70. The average Bonchev–Trinajstić information content (AvgIpc) is 2.01. The summed E-state index contributed by atoms with van der Waals surface area (Å²) >= 11 is 1.87. The van der Waals surface area contributed by atoms with Crippen LogP contribution in [0.1, 0.15) is 27.7 Å². The number of rotatable bonds is 7. The van der Waals surface area contributed by atoms with Crippen LogP contribution in [0.2, 0.25) is 0 Å². The summed E-state index contributed by atoms with van der Waals surface area (Å²) in [5.41, 5.74) is 0. The largest absolute Gasteiger partial charge is 0.352 e. The van der Waals surface area contributed by atoms with Crippen LogP contribution >= 0.6 is 11.8 Å². The summed E-state index contributed by atoms with van der Waals surface area (Å²) in [4.78, 5) is 0. The molecule has 2 nitrogen and oxygen atoms in total. The van der Waals surface area contributed by atoms with Crippen molar-refractivity contribution < 1.29 is 9.47 Å². The lowest BCUT2D eigenvalue weighted by molar-refractivity contribution is -0.120. The molecule has 12 heavy (non-hydrogen) atoms. The Morgan fingerprint density at radius 1 is 1.08 bits per heavy atom. The van der Waals surface area contributed by atoms with Crippen molar-refractivity contribution in [3.8, 4) is 0 Å². The lowest BCUT2D eigenvalue weighted by atomic mass is 10.6. The molecule has 0 rings (SSSR count). The summed E-state index contributed by atoms with van der Waals surface area (Å²) in [6.45, 7) is 9.80. The molecule has 3 heteroatoms. The lowest BCUT2D eigenvalue weighted by Crippen LogP contribution is -2.20. The van der Waals surface area contributed by atoms with Gasteiger partial charge in [-0.3, -0.25) is 0 Å². The zero-order valence-electron chi connectivity index (χ0n) is 8.50. The molecule has 0 aliphatic heterocycles. The second kappa shape index (κ2) is 7.90. The minimum Gasteiger partial charge on any atom is -0.352 e. The highest BCUT2D eigenvalue weighted by atomic mass is 32.2. The standard InChI is InChI=1S/C9H20O2S/c1-5-10-9(11-6-2)7-12-8(3)4/h8-9H,5-7H2,1-4H3. The van der Waals surface area contributed by atoms with E-state index in [0.717, 1.165) is 19.0 Å².